The van der Waals surface area contributed by atoms with E-state index in [2.05, 4.69) is 10.6 Å². The van der Waals surface area contributed by atoms with Gasteiger partial charge in [0, 0.05) is 57.1 Å². The fraction of sp³-hybridized carbons (Fsp3) is 0.680. The van der Waals surface area contributed by atoms with E-state index in [0.717, 1.165) is 36.4 Å². The van der Waals surface area contributed by atoms with E-state index in [9.17, 15) is 9.59 Å². The molecular formula is C25H42N4O3. The summed E-state index contributed by atoms with van der Waals surface area (Å²) in [6.45, 7) is 13.8. The molecule has 0 aromatic heterocycles. The lowest BCUT2D eigenvalue weighted by molar-refractivity contribution is -0.117. The number of benzene rings is 1. The number of carbonyl (C=O) groups is 2. The summed E-state index contributed by atoms with van der Waals surface area (Å²) in [5.74, 6) is -0.0114. The molecule has 7 heteroatoms. The number of ether oxygens (including phenoxy) is 1. The first-order chi connectivity index (χ1) is 14.7. The molecule has 0 spiro atoms. The van der Waals surface area contributed by atoms with E-state index in [0.29, 0.717) is 19.5 Å². The van der Waals surface area contributed by atoms with Gasteiger partial charge in [-0.25, -0.2) is 4.79 Å². The minimum atomic E-state index is -0.334. The van der Waals surface area contributed by atoms with Gasteiger partial charge in [-0.05, 0) is 62.8 Å². The molecule has 1 aromatic carbocycles. The number of hydrogen-bond acceptors (Lipinski definition) is 4. The smallest absolute Gasteiger partial charge is 0.318 e. The first kappa shape index (κ1) is 26.0. The summed E-state index contributed by atoms with van der Waals surface area (Å²) in [6, 6.07) is 5.77. The van der Waals surface area contributed by atoms with E-state index < -0.39 is 0 Å². The van der Waals surface area contributed by atoms with Crippen LogP contribution < -0.4 is 15.5 Å². The molecule has 1 saturated heterocycles. The second kappa shape index (κ2) is 10.6. The molecular weight excluding hydrogens is 404 g/mol. The third-order valence-electron chi connectivity index (χ3n) is 5.11. The predicted octanol–water partition coefficient (Wildman–Crippen LogP) is 4.62. The number of anilines is 2. The van der Waals surface area contributed by atoms with Crippen LogP contribution in [0.3, 0.4) is 0 Å². The molecule has 3 amide bonds. The van der Waals surface area contributed by atoms with Crippen molar-refractivity contribution in [3.05, 3.63) is 23.8 Å². The summed E-state index contributed by atoms with van der Waals surface area (Å²) in [7, 11) is 3.96. The lowest BCUT2D eigenvalue weighted by atomic mass is 9.92. The molecule has 1 aromatic rings. The summed E-state index contributed by atoms with van der Waals surface area (Å²) in [5, 5.41) is 6.10. The minimum absolute atomic E-state index is 0.0114. The maximum atomic E-state index is 13.1. The van der Waals surface area contributed by atoms with Crippen molar-refractivity contribution in [2.75, 3.05) is 37.5 Å². The van der Waals surface area contributed by atoms with Gasteiger partial charge >= 0.3 is 6.03 Å². The van der Waals surface area contributed by atoms with Crippen molar-refractivity contribution in [2.24, 2.45) is 5.41 Å². The van der Waals surface area contributed by atoms with Crippen molar-refractivity contribution < 1.29 is 14.3 Å². The van der Waals surface area contributed by atoms with Crippen LogP contribution in [-0.2, 0) is 16.1 Å². The lowest BCUT2D eigenvalue weighted by Gasteiger charge is -2.31. The van der Waals surface area contributed by atoms with Crippen LogP contribution in [0, 0.1) is 5.41 Å². The van der Waals surface area contributed by atoms with E-state index in [1.54, 1.807) is 0 Å². The molecule has 0 bridgehead atoms. The summed E-state index contributed by atoms with van der Waals surface area (Å²) >= 11 is 0. The van der Waals surface area contributed by atoms with Crippen molar-refractivity contribution in [3.8, 4) is 0 Å². The van der Waals surface area contributed by atoms with Crippen molar-refractivity contribution in [1.82, 2.24) is 10.2 Å². The number of nitrogens with one attached hydrogen (secondary N) is 2. The van der Waals surface area contributed by atoms with Crippen LogP contribution in [0.5, 0.6) is 0 Å². The largest absolute Gasteiger partial charge is 0.377 e. The summed E-state index contributed by atoms with van der Waals surface area (Å²) < 4.78 is 5.81. The molecule has 1 fully saturated rings. The highest BCUT2D eigenvalue weighted by atomic mass is 16.5. The highest BCUT2D eigenvalue weighted by Gasteiger charge is 2.26. The number of nitrogens with zero attached hydrogens (tertiary/aromatic N) is 2. The molecule has 0 saturated carbocycles. The van der Waals surface area contributed by atoms with E-state index in [1.807, 2.05) is 83.6 Å². The first-order valence-corrected chi connectivity index (χ1v) is 11.5. The fourth-order valence-corrected chi connectivity index (χ4v) is 3.77. The third-order valence-corrected chi connectivity index (χ3v) is 5.11. The number of hydrogen-bond donors (Lipinski definition) is 2. The average Bonchev–Trinajstić information content (AvgIpc) is 3.11. The van der Waals surface area contributed by atoms with Crippen LogP contribution in [0.25, 0.3) is 0 Å². The molecule has 0 aliphatic carbocycles. The maximum absolute atomic E-state index is 13.1. The standard InChI is InChI=1S/C25H42N4O3/c1-24(2,3)15-22(30)26-19-11-12-21(28(7)8)18(14-19)16-29(17-20-10-9-13-32-20)23(31)27-25(4,5)6/h11-12,14,20H,9-10,13,15-17H2,1-8H3,(H,26,30)(H,27,31)/t20-/m0/s1. The highest BCUT2D eigenvalue weighted by molar-refractivity contribution is 5.91. The van der Waals surface area contributed by atoms with Gasteiger partial charge in [0.25, 0.3) is 0 Å². The second-order valence-corrected chi connectivity index (χ2v) is 11.2. The van der Waals surface area contributed by atoms with Crippen molar-refractivity contribution in [2.45, 2.75) is 79.0 Å². The quantitative estimate of drug-likeness (QED) is 0.641. The minimum Gasteiger partial charge on any atom is -0.377 e. The SMILES string of the molecule is CN(C)c1ccc(NC(=O)CC(C)(C)C)cc1CN(C[C@@H]1CCCO1)C(=O)NC(C)(C)C. The Balaban J connectivity index is 2.28. The monoisotopic (exact) mass is 446 g/mol. The molecule has 2 N–H and O–H groups in total. The molecule has 1 atom stereocenters. The Morgan fingerprint density at radius 2 is 1.81 bits per heavy atom. The van der Waals surface area contributed by atoms with Crippen LogP contribution >= 0.6 is 0 Å². The van der Waals surface area contributed by atoms with E-state index in [1.165, 1.54) is 0 Å². The van der Waals surface area contributed by atoms with Gasteiger partial charge in [0.2, 0.25) is 5.91 Å². The molecule has 2 rings (SSSR count). The fourth-order valence-electron chi connectivity index (χ4n) is 3.77. The van der Waals surface area contributed by atoms with Gasteiger partial charge in [-0.1, -0.05) is 20.8 Å². The normalized spacial score (nSPS) is 16.6. The van der Waals surface area contributed by atoms with Crippen LogP contribution in [-0.4, -0.2) is 55.7 Å². The van der Waals surface area contributed by atoms with Gasteiger partial charge in [0.1, 0.15) is 0 Å². The number of carbonyl (C=O) groups excluding carboxylic acids is 2. The Bertz CT molecular complexity index is 787. The zero-order valence-electron chi connectivity index (χ0n) is 21.2. The third kappa shape index (κ3) is 8.69. The van der Waals surface area contributed by atoms with Crippen LogP contribution in [0.2, 0.25) is 0 Å². The van der Waals surface area contributed by atoms with Gasteiger partial charge < -0.3 is 25.2 Å². The van der Waals surface area contributed by atoms with Crippen LogP contribution in [0.1, 0.15) is 66.4 Å². The maximum Gasteiger partial charge on any atom is 0.318 e. The molecule has 1 aliphatic rings. The molecule has 1 heterocycles. The zero-order chi connectivity index (χ0) is 24.1. The Hall–Kier alpha value is -2.28. The zero-order valence-corrected chi connectivity index (χ0v) is 21.2. The van der Waals surface area contributed by atoms with Crippen LogP contribution in [0.4, 0.5) is 16.2 Å². The van der Waals surface area contributed by atoms with Gasteiger partial charge in [0.05, 0.1) is 6.10 Å². The number of rotatable bonds is 7. The molecule has 180 valence electrons. The van der Waals surface area contributed by atoms with Crippen molar-refractivity contribution >= 4 is 23.3 Å². The summed E-state index contributed by atoms with van der Waals surface area (Å²) in [4.78, 5) is 29.4. The van der Waals surface area contributed by atoms with Gasteiger partial charge in [0.15, 0.2) is 0 Å². The van der Waals surface area contributed by atoms with E-state index in [-0.39, 0.29) is 29.0 Å². The topological polar surface area (TPSA) is 73.9 Å². The molecule has 0 unspecified atom stereocenters. The van der Waals surface area contributed by atoms with Gasteiger partial charge in [-0.15, -0.1) is 0 Å². The first-order valence-electron chi connectivity index (χ1n) is 11.5. The Labute approximate surface area is 193 Å². The summed E-state index contributed by atoms with van der Waals surface area (Å²) in [5.41, 5.74) is 2.32. The second-order valence-electron chi connectivity index (χ2n) is 11.2. The Kier molecular flexibility index (Phi) is 8.57. The van der Waals surface area contributed by atoms with Crippen molar-refractivity contribution in [1.29, 1.82) is 0 Å². The number of amides is 3. The van der Waals surface area contributed by atoms with E-state index >= 15 is 0 Å². The number of urea groups is 1. The lowest BCUT2D eigenvalue weighted by Crippen LogP contribution is -2.50. The average molecular weight is 447 g/mol. The molecule has 0 radical (unpaired) electrons. The Morgan fingerprint density at radius 1 is 1.12 bits per heavy atom. The summed E-state index contributed by atoms with van der Waals surface area (Å²) in [6.07, 6.45) is 2.48. The Morgan fingerprint density at radius 3 is 2.34 bits per heavy atom. The molecule has 1 aliphatic heterocycles. The van der Waals surface area contributed by atoms with Gasteiger partial charge in [-0.2, -0.15) is 0 Å². The van der Waals surface area contributed by atoms with E-state index in [4.69, 9.17) is 4.74 Å². The van der Waals surface area contributed by atoms with Crippen LogP contribution in [0.15, 0.2) is 18.2 Å². The van der Waals surface area contributed by atoms with Gasteiger partial charge in [-0.3, -0.25) is 4.79 Å². The highest BCUT2D eigenvalue weighted by Crippen LogP contribution is 2.27. The predicted molar refractivity (Wildman–Crippen MR) is 131 cm³/mol. The molecule has 32 heavy (non-hydrogen) atoms. The molecule has 7 nitrogen and oxygen atoms in total. The van der Waals surface area contributed by atoms with Crippen molar-refractivity contribution in [3.63, 3.8) is 0 Å².